The first kappa shape index (κ1) is 31.1. The molecule has 13 heteroatoms. The Balaban J connectivity index is 1.89. The van der Waals surface area contributed by atoms with E-state index in [1.54, 1.807) is 0 Å². The van der Waals surface area contributed by atoms with Crippen LogP contribution in [-0.4, -0.2) is 29.7 Å². The molecule has 11 nitrogen and oxygen atoms in total. The zero-order valence-electron chi connectivity index (χ0n) is 22.8. The molecule has 216 valence electrons. The predicted molar refractivity (Wildman–Crippen MR) is 158 cm³/mol. The molecule has 1 aromatic heterocycles. The number of phenolic OH excluding ortho intramolecular Hbond substituents is 1. The molecule has 0 unspecified atom stereocenters. The predicted octanol–water partition coefficient (Wildman–Crippen LogP) is 6.88. The number of rotatable bonds is 15. The van der Waals surface area contributed by atoms with Crippen molar-refractivity contribution in [3.05, 3.63) is 30.3 Å². The number of amides is 2. The van der Waals surface area contributed by atoms with E-state index in [1.165, 1.54) is 30.3 Å². The molecular formula is C27H36N6O5S2. The molecule has 0 spiro atoms. The number of nitrogens with two attached hydrogens (primary N) is 1. The Morgan fingerprint density at radius 2 is 1.48 bits per heavy atom. The van der Waals surface area contributed by atoms with Crippen LogP contribution in [0.25, 0.3) is 10.9 Å². The molecule has 0 atom stereocenters. The van der Waals surface area contributed by atoms with Gasteiger partial charge in [-0.3, -0.25) is 9.59 Å². The quantitative estimate of drug-likeness (QED) is 0.0854. The van der Waals surface area contributed by atoms with Gasteiger partial charge in [-0.1, -0.05) is 52.4 Å². The summed E-state index contributed by atoms with van der Waals surface area (Å²) >= 11 is 1.03. The van der Waals surface area contributed by atoms with Crippen molar-refractivity contribution in [2.24, 2.45) is 15.4 Å². The number of azo groups is 1. The van der Waals surface area contributed by atoms with Crippen molar-refractivity contribution in [2.75, 3.05) is 10.6 Å². The monoisotopic (exact) mass is 588 g/mol. The summed E-state index contributed by atoms with van der Waals surface area (Å²) in [5, 5.41) is 30.8. The van der Waals surface area contributed by atoms with Gasteiger partial charge in [0.25, 0.3) is 0 Å². The fraction of sp³-hybridized carbons (Fsp3) is 0.444. The van der Waals surface area contributed by atoms with Crippen molar-refractivity contribution < 1.29 is 23.1 Å². The van der Waals surface area contributed by atoms with Gasteiger partial charge in [-0.15, -0.1) is 10.2 Å². The fourth-order valence-corrected chi connectivity index (χ4v) is 5.20. The number of primary sulfonamides is 1. The Morgan fingerprint density at radius 1 is 0.900 bits per heavy atom. The van der Waals surface area contributed by atoms with Gasteiger partial charge in [-0.2, -0.15) is 4.37 Å². The van der Waals surface area contributed by atoms with Gasteiger partial charge >= 0.3 is 0 Å². The van der Waals surface area contributed by atoms with Crippen molar-refractivity contribution in [1.29, 1.82) is 0 Å². The summed E-state index contributed by atoms with van der Waals surface area (Å²) in [6, 6.07) is 7.20. The number of fused-ring (bicyclic) bond motifs is 1. The van der Waals surface area contributed by atoms with Gasteiger partial charge in [0.1, 0.15) is 0 Å². The van der Waals surface area contributed by atoms with Gasteiger partial charge in [0.2, 0.25) is 21.8 Å². The zero-order valence-corrected chi connectivity index (χ0v) is 24.4. The number of carbonyl (C=O) groups is 2. The summed E-state index contributed by atoms with van der Waals surface area (Å²) in [6.45, 7) is 4.18. The van der Waals surface area contributed by atoms with Gasteiger partial charge < -0.3 is 15.7 Å². The normalized spacial score (nSPS) is 11.8. The third-order valence-electron chi connectivity index (χ3n) is 6.17. The third kappa shape index (κ3) is 9.07. The van der Waals surface area contributed by atoms with E-state index in [1.807, 2.05) is 0 Å². The Bertz CT molecular complexity index is 1420. The maximum atomic E-state index is 12.5. The molecule has 40 heavy (non-hydrogen) atoms. The van der Waals surface area contributed by atoms with Gasteiger partial charge in [0.05, 0.1) is 27.5 Å². The number of phenols is 1. The van der Waals surface area contributed by atoms with Gasteiger partial charge in [-0.25, -0.2) is 13.6 Å². The number of hydrogen-bond donors (Lipinski definition) is 4. The summed E-state index contributed by atoms with van der Waals surface area (Å²) in [4.78, 5) is 25.0. The number of hydrogen-bond acceptors (Lipinski definition) is 9. The lowest BCUT2D eigenvalue weighted by molar-refractivity contribution is -0.117. The molecule has 0 aliphatic rings. The van der Waals surface area contributed by atoms with Crippen LogP contribution in [0.4, 0.5) is 22.1 Å². The molecular weight excluding hydrogens is 552 g/mol. The van der Waals surface area contributed by atoms with E-state index in [4.69, 9.17) is 5.14 Å². The molecule has 1 heterocycles. The van der Waals surface area contributed by atoms with Crippen molar-refractivity contribution in [3.8, 4) is 5.75 Å². The van der Waals surface area contributed by atoms with Crippen LogP contribution in [-0.2, 0) is 19.6 Å². The maximum absolute atomic E-state index is 12.5. The molecule has 5 N–H and O–H groups in total. The minimum atomic E-state index is -3.92. The number of aromatic nitrogens is 1. The van der Waals surface area contributed by atoms with Crippen LogP contribution in [0.5, 0.6) is 5.75 Å². The Kier molecular flexibility index (Phi) is 11.5. The molecule has 0 fully saturated rings. The average Bonchev–Trinajstić information content (AvgIpc) is 3.32. The lowest BCUT2D eigenvalue weighted by Gasteiger charge is -2.13. The number of benzene rings is 2. The van der Waals surface area contributed by atoms with Gasteiger partial charge in [0.15, 0.2) is 10.8 Å². The van der Waals surface area contributed by atoms with Crippen molar-refractivity contribution in [3.63, 3.8) is 0 Å². The number of unbranched alkanes of at least 4 members (excludes halogenated alkanes) is 6. The molecule has 0 saturated heterocycles. The second kappa shape index (κ2) is 14.8. The molecule has 0 saturated carbocycles. The molecule has 2 amide bonds. The fourth-order valence-electron chi connectivity index (χ4n) is 3.98. The SMILES string of the molecule is CCCCCCC(=O)Nc1cc(N=Nc2snc3ccc(S(N)(=O)=O)cc23)cc(NC(=O)CCCCCC)c1O. The Hall–Kier alpha value is -3.42. The summed E-state index contributed by atoms with van der Waals surface area (Å²) < 4.78 is 27.8. The molecule has 2 aromatic carbocycles. The van der Waals surface area contributed by atoms with Crippen LogP contribution in [0.15, 0.2) is 45.5 Å². The molecule has 0 aliphatic carbocycles. The first-order chi connectivity index (χ1) is 19.1. The van der Waals surface area contributed by atoms with Gasteiger partial charge in [0, 0.05) is 18.2 Å². The lowest BCUT2D eigenvalue weighted by Crippen LogP contribution is -2.14. The highest BCUT2D eigenvalue weighted by molar-refractivity contribution is 7.89. The van der Waals surface area contributed by atoms with E-state index in [9.17, 15) is 23.1 Å². The second-order valence-corrected chi connectivity index (χ2v) is 11.8. The molecule has 0 bridgehead atoms. The Labute approximate surface area is 238 Å². The van der Waals surface area contributed by atoms with Crippen LogP contribution < -0.4 is 15.8 Å². The smallest absolute Gasteiger partial charge is 0.238 e. The summed E-state index contributed by atoms with van der Waals surface area (Å²) in [5.41, 5.74) is 0.987. The minimum Gasteiger partial charge on any atom is -0.504 e. The van der Waals surface area contributed by atoms with Crippen molar-refractivity contribution in [1.82, 2.24) is 4.37 Å². The summed E-state index contributed by atoms with van der Waals surface area (Å²) in [5.74, 6) is -0.800. The van der Waals surface area contributed by atoms with Crippen molar-refractivity contribution >= 4 is 66.3 Å². The second-order valence-electron chi connectivity index (χ2n) is 9.52. The summed E-state index contributed by atoms with van der Waals surface area (Å²) in [6.07, 6.45) is 8.07. The zero-order chi connectivity index (χ0) is 29.1. The van der Waals surface area contributed by atoms with E-state index >= 15 is 0 Å². The van der Waals surface area contributed by atoms with E-state index in [0.29, 0.717) is 28.7 Å². The van der Waals surface area contributed by atoms with Gasteiger partial charge in [-0.05, 0) is 54.7 Å². The lowest BCUT2D eigenvalue weighted by atomic mass is 10.1. The summed E-state index contributed by atoms with van der Waals surface area (Å²) in [7, 11) is -3.92. The highest BCUT2D eigenvalue weighted by Crippen LogP contribution is 2.39. The molecule has 3 aromatic rings. The molecule has 0 aliphatic heterocycles. The molecule has 0 radical (unpaired) electrons. The van der Waals surface area contributed by atoms with Crippen LogP contribution >= 0.6 is 11.5 Å². The standard InChI is InChI=1S/C27H36N6O5S2/c1-3-5-7-9-11-24(34)29-22-15-18(16-23(26(22)36)30-25(35)12-10-8-6-4-2)31-32-27-20-17-19(40(28,37)38)13-14-21(20)33-39-27/h13-17,36H,3-12H2,1-2H3,(H,29,34)(H,30,35)(H2,28,37,38). The number of nitrogens with zero attached hydrogens (tertiary/aromatic N) is 3. The highest BCUT2D eigenvalue weighted by atomic mass is 32.2. The van der Waals surface area contributed by atoms with Crippen LogP contribution in [0.2, 0.25) is 0 Å². The number of carbonyl (C=O) groups excluding carboxylic acids is 2. The van der Waals surface area contributed by atoms with Crippen LogP contribution in [0.3, 0.4) is 0 Å². The van der Waals surface area contributed by atoms with Crippen LogP contribution in [0, 0.1) is 0 Å². The first-order valence-corrected chi connectivity index (χ1v) is 15.7. The Morgan fingerprint density at radius 3 is 2.00 bits per heavy atom. The number of nitrogens with one attached hydrogen (secondary N) is 2. The van der Waals surface area contributed by atoms with E-state index < -0.39 is 10.0 Å². The number of aromatic hydroxyl groups is 1. The average molecular weight is 589 g/mol. The first-order valence-electron chi connectivity index (χ1n) is 13.4. The minimum absolute atomic E-state index is 0.0749. The maximum Gasteiger partial charge on any atom is 0.238 e. The third-order valence-corrected chi connectivity index (χ3v) is 7.84. The van der Waals surface area contributed by atoms with Crippen LogP contribution in [0.1, 0.15) is 78.1 Å². The van der Waals surface area contributed by atoms with E-state index in [2.05, 4.69) is 39.1 Å². The topological polar surface area (TPSA) is 176 Å². The number of anilines is 2. The van der Waals surface area contributed by atoms with Crippen molar-refractivity contribution in [2.45, 2.75) is 83.0 Å². The number of sulfonamides is 1. The van der Waals surface area contributed by atoms with E-state index in [-0.39, 0.29) is 39.5 Å². The van der Waals surface area contributed by atoms with E-state index in [0.717, 1.165) is 62.9 Å². The largest absolute Gasteiger partial charge is 0.504 e. The highest BCUT2D eigenvalue weighted by Gasteiger charge is 2.16. The molecule has 3 rings (SSSR count).